The zero-order valence-corrected chi connectivity index (χ0v) is 18.0. The molecule has 0 aliphatic carbocycles. The van der Waals surface area contributed by atoms with Gasteiger partial charge < -0.3 is 9.80 Å². The predicted octanol–water partition coefficient (Wildman–Crippen LogP) is 1.58. The minimum atomic E-state index is -3.86. The van der Waals surface area contributed by atoms with Crippen molar-refractivity contribution in [2.45, 2.75) is 11.3 Å². The Balaban J connectivity index is 1.42. The normalized spacial score (nSPS) is 19.8. The molecule has 166 valence electrons. The third kappa shape index (κ3) is 3.97. The minimum absolute atomic E-state index is 0.0127. The van der Waals surface area contributed by atoms with E-state index in [2.05, 4.69) is 0 Å². The van der Waals surface area contributed by atoms with E-state index in [1.807, 2.05) is 6.07 Å². The first kappa shape index (κ1) is 21.9. The molecule has 4 rings (SSSR count). The van der Waals surface area contributed by atoms with Crippen LogP contribution in [0.15, 0.2) is 53.4 Å². The maximum Gasteiger partial charge on any atom is 0.244 e. The van der Waals surface area contributed by atoms with Crippen LogP contribution in [0, 0.1) is 23.1 Å². The molecule has 2 fully saturated rings. The molecule has 0 radical (unpaired) electrons. The van der Waals surface area contributed by atoms with Crippen molar-refractivity contribution in [1.82, 2.24) is 9.21 Å². The Kier molecular flexibility index (Phi) is 5.95. The summed E-state index contributed by atoms with van der Waals surface area (Å²) in [6, 6.07) is 13.8. The van der Waals surface area contributed by atoms with E-state index in [4.69, 9.17) is 0 Å². The monoisotopic (exact) mass is 456 g/mol. The number of carbonyl (C=O) groups excluding carboxylic acids is 2. The Hall–Kier alpha value is -3.29. The number of hydrogen-bond donors (Lipinski definition) is 0. The Morgan fingerprint density at radius 1 is 1.03 bits per heavy atom. The molecule has 2 aromatic carbocycles. The van der Waals surface area contributed by atoms with E-state index in [9.17, 15) is 27.7 Å². The summed E-state index contributed by atoms with van der Waals surface area (Å²) in [5.74, 6) is -1.69. The number of piperazine rings is 1. The maximum absolute atomic E-state index is 14.1. The number of rotatable bonds is 4. The van der Waals surface area contributed by atoms with Crippen LogP contribution < -0.4 is 4.90 Å². The molecule has 2 aliphatic heterocycles. The van der Waals surface area contributed by atoms with E-state index in [1.165, 1.54) is 39.5 Å². The van der Waals surface area contributed by atoms with Gasteiger partial charge in [0.25, 0.3) is 0 Å². The molecule has 0 spiro atoms. The van der Waals surface area contributed by atoms with Gasteiger partial charge in [0.1, 0.15) is 11.9 Å². The van der Waals surface area contributed by atoms with Crippen molar-refractivity contribution < 1.29 is 22.4 Å². The highest BCUT2D eigenvalue weighted by atomic mass is 32.2. The number of sulfonamides is 1. The van der Waals surface area contributed by atoms with E-state index >= 15 is 0 Å². The van der Waals surface area contributed by atoms with Gasteiger partial charge in [-0.25, -0.2) is 12.8 Å². The van der Waals surface area contributed by atoms with Crippen LogP contribution in [0.2, 0.25) is 0 Å². The SMILES string of the molecule is N#Cc1ccccc1S(=O)(=O)N1CCN(C(=O)[C@H]2CC(=O)N(c3ccccc3F)C2)CC1. The fraction of sp³-hybridized carbons (Fsp3) is 0.318. The van der Waals surface area contributed by atoms with Gasteiger partial charge in [-0.1, -0.05) is 24.3 Å². The summed E-state index contributed by atoms with van der Waals surface area (Å²) < 4.78 is 41.3. The standard InChI is InChI=1S/C22H21FN4O4S/c23-18-6-2-3-7-19(18)27-15-17(13-21(27)28)22(29)25-9-11-26(12-10-25)32(30,31)20-8-4-1-5-16(20)14-24/h1-8,17H,9-13,15H2/t17-/m0/s1. The van der Waals surface area contributed by atoms with Gasteiger partial charge in [-0.15, -0.1) is 0 Å². The lowest BCUT2D eigenvalue weighted by molar-refractivity contribution is -0.136. The molecular weight excluding hydrogens is 435 g/mol. The van der Waals surface area contributed by atoms with Crippen molar-refractivity contribution in [3.05, 3.63) is 59.9 Å². The number of nitrogens with zero attached hydrogens (tertiary/aromatic N) is 4. The summed E-state index contributed by atoms with van der Waals surface area (Å²) in [5.41, 5.74) is 0.226. The van der Waals surface area contributed by atoms with E-state index in [1.54, 1.807) is 23.1 Å². The van der Waals surface area contributed by atoms with Crippen molar-refractivity contribution in [3.63, 3.8) is 0 Å². The van der Waals surface area contributed by atoms with Crippen LogP contribution in [-0.2, 0) is 19.6 Å². The van der Waals surface area contributed by atoms with Crippen molar-refractivity contribution in [1.29, 1.82) is 5.26 Å². The second kappa shape index (κ2) is 8.68. The van der Waals surface area contributed by atoms with Crippen LogP contribution in [0.3, 0.4) is 0 Å². The molecule has 1 atom stereocenters. The molecular formula is C22H21FN4O4S. The van der Waals surface area contributed by atoms with Gasteiger partial charge in [0.2, 0.25) is 21.8 Å². The van der Waals surface area contributed by atoms with Crippen molar-refractivity contribution in [3.8, 4) is 6.07 Å². The van der Waals surface area contributed by atoms with Gasteiger partial charge in [-0.2, -0.15) is 9.57 Å². The Morgan fingerprint density at radius 3 is 2.38 bits per heavy atom. The molecule has 2 amide bonds. The number of amides is 2. The fourth-order valence-corrected chi connectivity index (χ4v) is 5.67. The molecule has 2 aliphatic rings. The number of halogens is 1. The zero-order chi connectivity index (χ0) is 22.9. The highest BCUT2D eigenvalue weighted by Gasteiger charge is 2.39. The van der Waals surface area contributed by atoms with Crippen LogP contribution in [0.1, 0.15) is 12.0 Å². The molecule has 0 N–H and O–H groups in total. The number of nitriles is 1. The Bertz CT molecular complexity index is 1200. The third-order valence-corrected chi connectivity index (χ3v) is 7.75. The van der Waals surface area contributed by atoms with Gasteiger partial charge in [0, 0.05) is 39.1 Å². The molecule has 8 nitrogen and oxygen atoms in total. The van der Waals surface area contributed by atoms with Crippen molar-refractivity contribution in [2.75, 3.05) is 37.6 Å². The molecule has 2 heterocycles. The highest BCUT2D eigenvalue weighted by molar-refractivity contribution is 7.89. The van der Waals surface area contributed by atoms with Crippen LogP contribution >= 0.6 is 0 Å². The summed E-state index contributed by atoms with van der Waals surface area (Å²) in [7, 11) is -3.86. The van der Waals surface area contributed by atoms with Gasteiger partial charge in [-0.3, -0.25) is 9.59 Å². The lowest BCUT2D eigenvalue weighted by Crippen LogP contribution is -2.52. The minimum Gasteiger partial charge on any atom is -0.340 e. The summed E-state index contributed by atoms with van der Waals surface area (Å²) in [4.78, 5) is 28.2. The lowest BCUT2D eigenvalue weighted by atomic mass is 10.1. The molecule has 0 saturated carbocycles. The van der Waals surface area contributed by atoms with E-state index in [-0.39, 0.29) is 67.1 Å². The zero-order valence-electron chi connectivity index (χ0n) is 17.1. The Morgan fingerprint density at radius 2 is 1.69 bits per heavy atom. The molecule has 10 heteroatoms. The molecule has 32 heavy (non-hydrogen) atoms. The second-order valence-corrected chi connectivity index (χ2v) is 9.60. The number of benzene rings is 2. The van der Waals surface area contributed by atoms with E-state index in [0.29, 0.717) is 0 Å². The molecule has 0 aromatic heterocycles. The van der Waals surface area contributed by atoms with Crippen LogP contribution in [0.4, 0.5) is 10.1 Å². The summed E-state index contributed by atoms with van der Waals surface area (Å²) in [6.07, 6.45) is -0.0127. The quantitative estimate of drug-likeness (QED) is 0.695. The largest absolute Gasteiger partial charge is 0.340 e. The van der Waals surface area contributed by atoms with Gasteiger partial charge in [0.05, 0.1) is 22.1 Å². The predicted molar refractivity (Wildman–Crippen MR) is 113 cm³/mol. The van der Waals surface area contributed by atoms with E-state index < -0.39 is 21.8 Å². The smallest absolute Gasteiger partial charge is 0.244 e. The lowest BCUT2D eigenvalue weighted by Gasteiger charge is -2.35. The van der Waals surface area contributed by atoms with Gasteiger partial charge >= 0.3 is 0 Å². The van der Waals surface area contributed by atoms with E-state index in [0.717, 1.165) is 0 Å². The number of para-hydroxylation sites is 1. The average Bonchev–Trinajstić information content (AvgIpc) is 3.20. The molecule has 0 unspecified atom stereocenters. The summed E-state index contributed by atoms with van der Waals surface area (Å²) in [5, 5.41) is 9.22. The van der Waals surface area contributed by atoms with Crippen molar-refractivity contribution >= 4 is 27.5 Å². The van der Waals surface area contributed by atoms with Crippen molar-refractivity contribution in [2.24, 2.45) is 5.92 Å². The van der Waals surface area contributed by atoms with Gasteiger partial charge in [0.15, 0.2) is 0 Å². The second-order valence-electron chi connectivity index (χ2n) is 7.69. The first-order valence-electron chi connectivity index (χ1n) is 10.2. The Labute approximate surface area is 185 Å². The maximum atomic E-state index is 14.1. The molecule has 2 aromatic rings. The number of hydrogen-bond acceptors (Lipinski definition) is 5. The van der Waals surface area contributed by atoms with Crippen LogP contribution in [-0.4, -0.2) is 62.2 Å². The number of anilines is 1. The first-order valence-corrected chi connectivity index (χ1v) is 11.6. The summed E-state index contributed by atoms with van der Waals surface area (Å²) >= 11 is 0. The molecule has 2 saturated heterocycles. The number of carbonyl (C=O) groups is 2. The highest BCUT2D eigenvalue weighted by Crippen LogP contribution is 2.29. The average molecular weight is 456 g/mol. The fourth-order valence-electron chi connectivity index (χ4n) is 4.11. The topological polar surface area (TPSA) is 102 Å². The third-order valence-electron chi connectivity index (χ3n) is 5.79. The summed E-state index contributed by atoms with van der Waals surface area (Å²) in [6.45, 7) is 0.623. The first-order chi connectivity index (χ1) is 15.3. The molecule has 0 bridgehead atoms. The van der Waals surface area contributed by atoms with Crippen LogP contribution in [0.25, 0.3) is 0 Å². The van der Waals surface area contributed by atoms with Crippen LogP contribution in [0.5, 0.6) is 0 Å². The van der Waals surface area contributed by atoms with Gasteiger partial charge in [-0.05, 0) is 24.3 Å².